The summed E-state index contributed by atoms with van der Waals surface area (Å²) in [6, 6.07) is 12.7. The zero-order chi connectivity index (χ0) is 19.3. The van der Waals surface area contributed by atoms with Crippen LogP contribution in [0.15, 0.2) is 48.5 Å². The number of amides is 1. The Kier molecular flexibility index (Phi) is 5.66. The van der Waals surface area contributed by atoms with Gasteiger partial charge in [0.2, 0.25) is 5.91 Å². The molecule has 0 aromatic heterocycles. The third-order valence-electron chi connectivity index (χ3n) is 4.55. The van der Waals surface area contributed by atoms with Crippen LogP contribution < -0.4 is 19.5 Å². The minimum Gasteiger partial charge on any atom is -0.493 e. The van der Waals surface area contributed by atoms with Crippen molar-refractivity contribution in [1.29, 1.82) is 0 Å². The van der Waals surface area contributed by atoms with Gasteiger partial charge in [-0.2, -0.15) is 0 Å². The molecule has 1 aliphatic heterocycles. The van der Waals surface area contributed by atoms with Crippen LogP contribution in [0.25, 0.3) is 6.08 Å². The maximum absolute atomic E-state index is 12.2. The molecule has 6 heteroatoms. The number of aliphatic hydroxyl groups is 1. The molecule has 1 unspecified atom stereocenters. The lowest BCUT2D eigenvalue weighted by Crippen LogP contribution is -2.43. The van der Waals surface area contributed by atoms with Crippen LogP contribution >= 0.6 is 0 Å². The van der Waals surface area contributed by atoms with E-state index >= 15 is 0 Å². The highest BCUT2D eigenvalue weighted by atomic mass is 16.5. The molecule has 0 aliphatic carbocycles. The molecule has 1 amide bonds. The maximum Gasteiger partial charge on any atom is 0.244 e. The molecular formula is C21H23NO5. The summed E-state index contributed by atoms with van der Waals surface area (Å²) in [5.41, 5.74) is 0.361. The summed E-state index contributed by atoms with van der Waals surface area (Å²) >= 11 is 0. The van der Waals surface area contributed by atoms with E-state index in [1.165, 1.54) is 6.08 Å². The topological polar surface area (TPSA) is 77.0 Å². The van der Waals surface area contributed by atoms with Crippen molar-refractivity contribution in [3.05, 3.63) is 59.7 Å². The Morgan fingerprint density at radius 2 is 2.00 bits per heavy atom. The summed E-state index contributed by atoms with van der Waals surface area (Å²) in [5, 5.41) is 13.7. The van der Waals surface area contributed by atoms with Gasteiger partial charge in [-0.1, -0.05) is 24.3 Å². The minimum absolute atomic E-state index is 0.114. The highest BCUT2D eigenvalue weighted by Crippen LogP contribution is 2.36. The minimum atomic E-state index is -1.14. The van der Waals surface area contributed by atoms with Crippen LogP contribution in [0.4, 0.5) is 0 Å². The van der Waals surface area contributed by atoms with Gasteiger partial charge < -0.3 is 24.6 Å². The number of carbonyl (C=O) groups is 1. The molecule has 0 fully saturated rings. The zero-order valence-corrected chi connectivity index (χ0v) is 15.4. The van der Waals surface area contributed by atoms with Gasteiger partial charge in [0.1, 0.15) is 11.4 Å². The summed E-state index contributed by atoms with van der Waals surface area (Å²) in [5.74, 6) is 1.58. The van der Waals surface area contributed by atoms with Gasteiger partial charge in [-0.05, 0) is 29.8 Å². The lowest BCUT2D eigenvalue weighted by molar-refractivity contribution is -0.118. The number of fused-ring (bicyclic) bond motifs is 1. The van der Waals surface area contributed by atoms with E-state index in [-0.39, 0.29) is 12.5 Å². The lowest BCUT2D eigenvalue weighted by Gasteiger charge is -2.34. The van der Waals surface area contributed by atoms with Crippen molar-refractivity contribution in [2.45, 2.75) is 12.0 Å². The quantitative estimate of drug-likeness (QED) is 0.765. The summed E-state index contributed by atoms with van der Waals surface area (Å²) in [7, 11) is 3.13. The van der Waals surface area contributed by atoms with Crippen molar-refractivity contribution in [3.8, 4) is 17.2 Å². The van der Waals surface area contributed by atoms with E-state index < -0.39 is 5.60 Å². The Labute approximate surface area is 158 Å². The van der Waals surface area contributed by atoms with Crippen molar-refractivity contribution >= 4 is 12.0 Å². The molecule has 1 aliphatic rings. The standard InChI is InChI=1S/C21H23NO5/c1-25-18-9-7-15(13-19(18)26-2)8-10-20(23)22-14-21(24)11-12-27-17-6-4-3-5-16(17)21/h3-10,13,24H,11-12,14H2,1-2H3,(H,22,23)/b10-8+. The van der Waals surface area contributed by atoms with E-state index in [4.69, 9.17) is 14.2 Å². The summed E-state index contributed by atoms with van der Waals surface area (Å²) in [6.07, 6.45) is 3.53. The van der Waals surface area contributed by atoms with Gasteiger partial charge in [-0.3, -0.25) is 4.79 Å². The van der Waals surface area contributed by atoms with Crippen LogP contribution in [-0.4, -0.2) is 38.4 Å². The Bertz CT molecular complexity index is 848. The SMILES string of the molecule is COc1ccc(/C=C/C(=O)NCC2(O)CCOc3ccccc32)cc1OC. The van der Waals surface area contributed by atoms with Crippen LogP contribution in [0.2, 0.25) is 0 Å². The number of hydrogen-bond donors (Lipinski definition) is 2. The lowest BCUT2D eigenvalue weighted by atomic mass is 9.88. The van der Waals surface area contributed by atoms with Gasteiger partial charge in [0.05, 0.1) is 27.4 Å². The first-order valence-corrected chi connectivity index (χ1v) is 8.68. The fourth-order valence-electron chi connectivity index (χ4n) is 3.05. The first kappa shape index (κ1) is 18.8. The fourth-order valence-corrected chi connectivity index (χ4v) is 3.05. The molecule has 1 heterocycles. The molecule has 27 heavy (non-hydrogen) atoms. The van der Waals surface area contributed by atoms with Crippen LogP contribution in [0.1, 0.15) is 17.5 Å². The summed E-state index contributed by atoms with van der Waals surface area (Å²) in [6.45, 7) is 0.521. The molecule has 6 nitrogen and oxygen atoms in total. The summed E-state index contributed by atoms with van der Waals surface area (Å²) < 4.78 is 16.0. The number of methoxy groups -OCH3 is 2. The normalized spacial score (nSPS) is 18.5. The Balaban J connectivity index is 1.64. The maximum atomic E-state index is 12.2. The van der Waals surface area contributed by atoms with E-state index in [0.29, 0.717) is 35.8 Å². The van der Waals surface area contributed by atoms with E-state index in [1.807, 2.05) is 30.3 Å². The van der Waals surface area contributed by atoms with Crippen molar-refractivity contribution in [1.82, 2.24) is 5.32 Å². The smallest absolute Gasteiger partial charge is 0.244 e. The molecule has 0 saturated carbocycles. The van der Waals surface area contributed by atoms with E-state index in [2.05, 4.69) is 5.32 Å². The van der Waals surface area contributed by atoms with Gasteiger partial charge in [0.15, 0.2) is 11.5 Å². The molecular weight excluding hydrogens is 346 g/mol. The van der Waals surface area contributed by atoms with E-state index in [9.17, 15) is 9.90 Å². The van der Waals surface area contributed by atoms with E-state index in [0.717, 1.165) is 5.56 Å². The second-order valence-electron chi connectivity index (χ2n) is 6.29. The van der Waals surface area contributed by atoms with Crippen LogP contribution in [0.5, 0.6) is 17.2 Å². The van der Waals surface area contributed by atoms with Crippen molar-refractivity contribution < 1.29 is 24.1 Å². The van der Waals surface area contributed by atoms with E-state index in [1.54, 1.807) is 32.4 Å². The van der Waals surface area contributed by atoms with Gasteiger partial charge in [-0.15, -0.1) is 0 Å². The van der Waals surface area contributed by atoms with Crippen molar-refractivity contribution in [3.63, 3.8) is 0 Å². The number of hydrogen-bond acceptors (Lipinski definition) is 5. The first-order valence-electron chi connectivity index (χ1n) is 8.68. The third-order valence-corrected chi connectivity index (χ3v) is 4.55. The predicted octanol–water partition coefficient (Wildman–Crippen LogP) is 2.50. The molecule has 0 bridgehead atoms. The average Bonchev–Trinajstić information content (AvgIpc) is 2.71. The number of benzene rings is 2. The van der Waals surface area contributed by atoms with Crippen LogP contribution in [-0.2, 0) is 10.4 Å². The predicted molar refractivity (Wildman–Crippen MR) is 102 cm³/mol. The molecule has 0 radical (unpaired) electrons. The van der Waals surface area contributed by atoms with Gasteiger partial charge >= 0.3 is 0 Å². The van der Waals surface area contributed by atoms with Crippen LogP contribution in [0, 0.1) is 0 Å². The Morgan fingerprint density at radius 1 is 1.22 bits per heavy atom. The van der Waals surface area contributed by atoms with Gasteiger partial charge in [-0.25, -0.2) is 0 Å². The second kappa shape index (κ2) is 8.14. The monoisotopic (exact) mass is 369 g/mol. The number of para-hydroxylation sites is 1. The highest BCUT2D eigenvalue weighted by molar-refractivity contribution is 5.91. The molecule has 2 N–H and O–H groups in total. The summed E-state index contributed by atoms with van der Waals surface area (Å²) in [4.78, 5) is 12.2. The second-order valence-corrected chi connectivity index (χ2v) is 6.29. The Morgan fingerprint density at radius 3 is 2.78 bits per heavy atom. The molecule has 0 saturated heterocycles. The molecule has 3 rings (SSSR count). The number of ether oxygens (including phenoxy) is 3. The number of nitrogens with one attached hydrogen (secondary N) is 1. The third kappa shape index (κ3) is 4.23. The molecule has 2 aromatic carbocycles. The average molecular weight is 369 g/mol. The van der Waals surface area contributed by atoms with Crippen molar-refractivity contribution in [2.75, 3.05) is 27.4 Å². The first-order chi connectivity index (χ1) is 13.1. The molecule has 0 spiro atoms. The largest absolute Gasteiger partial charge is 0.493 e. The van der Waals surface area contributed by atoms with Crippen molar-refractivity contribution in [2.24, 2.45) is 0 Å². The van der Waals surface area contributed by atoms with Gasteiger partial charge in [0.25, 0.3) is 0 Å². The van der Waals surface area contributed by atoms with Gasteiger partial charge in [0, 0.05) is 18.1 Å². The zero-order valence-electron chi connectivity index (χ0n) is 15.4. The number of rotatable bonds is 6. The highest BCUT2D eigenvalue weighted by Gasteiger charge is 2.35. The van der Waals surface area contributed by atoms with Crippen LogP contribution in [0.3, 0.4) is 0 Å². The molecule has 2 aromatic rings. The Hall–Kier alpha value is -2.99. The molecule has 1 atom stereocenters. The number of carbonyl (C=O) groups excluding carboxylic acids is 1. The molecule has 142 valence electrons. The fraction of sp³-hybridized carbons (Fsp3) is 0.286.